The van der Waals surface area contributed by atoms with Crippen LogP contribution in [-0.2, 0) is 16.0 Å². The van der Waals surface area contributed by atoms with Crippen molar-refractivity contribution in [1.82, 2.24) is 10.1 Å². The van der Waals surface area contributed by atoms with Crippen LogP contribution in [0, 0.1) is 5.82 Å². The molecule has 1 saturated heterocycles. The summed E-state index contributed by atoms with van der Waals surface area (Å²) in [6.45, 7) is 4.03. The summed E-state index contributed by atoms with van der Waals surface area (Å²) in [4.78, 5) is 17.7. The quantitative estimate of drug-likeness (QED) is 0.434. The van der Waals surface area contributed by atoms with E-state index < -0.39 is 11.9 Å². The van der Waals surface area contributed by atoms with Crippen molar-refractivity contribution in [3.05, 3.63) is 71.2 Å². The normalized spacial score (nSPS) is 15.5. The van der Waals surface area contributed by atoms with E-state index in [1.165, 1.54) is 6.07 Å². The number of benzene rings is 2. The molecule has 1 aliphatic heterocycles. The summed E-state index contributed by atoms with van der Waals surface area (Å²) in [7, 11) is 0. The van der Waals surface area contributed by atoms with Crippen molar-refractivity contribution in [2.75, 3.05) is 26.3 Å². The van der Waals surface area contributed by atoms with Gasteiger partial charge in [0.1, 0.15) is 11.6 Å². The third kappa shape index (κ3) is 5.04. The van der Waals surface area contributed by atoms with Crippen molar-refractivity contribution in [2.45, 2.75) is 19.3 Å². The number of rotatable bonds is 6. The zero-order chi connectivity index (χ0) is 23.4. The van der Waals surface area contributed by atoms with Crippen LogP contribution in [0.4, 0.5) is 10.2 Å². The third-order valence-electron chi connectivity index (χ3n) is 5.65. The van der Waals surface area contributed by atoms with E-state index in [0.29, 0.717) is 48.8 Å². The Morgan fingerprint density at radius 3 is 2.64 bits per heavy atom. The topological polar surface area (TPSA) is 114 Å². The molecule has 0 aliphatic carbocycles. The average molecular weight is 452 g/mol. The van der Waals surface area contributed by atoms with Gasteiger partial charge in [0.05, 0.1) is 25.2 Å². The maximum Gasteiger partial charge on any atom is 0.308 e. The van der Waals surface area contributed by atoms with Crippen LogP contribution in [0.15, 0.2) is 58.0 Å². The average Bonchev–Trinajstić information content (AvgIpc) is 3.20. The lowest BCUT2D eigenvalue weighted by atomic mass is 9.92. The fourth-order valence-corrected chi connectivity index (χ4v) is 3.83. The molecule has 1 atom stereocenters. The Hall–Kier alpha value is -3.72. The highest BCUT2D eigenvalue weighted by atomic mass is 19.1. The lowest BCUT2D eigenvalue weighted by Crippen LogP contribution is -2.44. The van der Waals surface area contributed by atoms with Crippen molar-refractivity contribution in [3.8, 4) is 11.1 Å². The van der Waals surface area contributed by atoms with Gasteiger partial charge in [-0.25, -0.2) is 4.39 Å². The SMILES string of the molecule is CC(c1ccc(-c2ccccc2)c(F)c1)c1onc(N=C(N)N2CCOCC2)c1CC(=O)O. The van der Waals surface area contributed by atoms with E-state index in [2.05, 4.69) is 10.1 Å². The smallest absolute Gasteiger partial charge is 0.308 e. The van der Waals surface area contributed by atoms with E-state index >= 15 is 0 Å². The Labute approximate surface area is 190 Å². The van der Waals surface area contributed by atoms with Gasteiger partial charge in [-0.3, -0.25) is 4.79 Å². The monoisotopic (exact) mass is 452 g/mol. The Balaban J connectivity index is 1.65. The van der Waals surface area contributed by atoms with Crippen LogP contribution < -0.4 is 5.73 Å². The maximum absolute atomic E-state index is 14.9. The van der Waals surface area contributed by atoms with Gasteiger partial charge in [-0.05, 0) is 17.2 Å². The first kappa shape index (κ1) is 22.5. The molecule has 3 N–H and O–H groups in total. The Bertz CT molecular complexity index is 1160. The van der Waals surface area contributed by atoms with E-state index in [1.54, 1.807) is 12.1 Å². The van der Waals surface area contributed by atoms with Crippen LogP contribution in [0.5, 0.6) is 0 Å². The number of carboxylic acid groups (broad SMARTS) is 1. The van der Waals surface area contributed by atoms with E-state index in [4.69, 9.17) is 15.0 Å². The molecule has 0 bridgehead atoms. The highest BCUT2D eigenvalue weighted by Crippen LogP contribution is 2.34. The van der Waals surface area contributed by atoms with Crippen LogP contribution in [0.2, 0.25) is 0 Å². The minimum absolute atomic E-state index is 0.115. The van der Waals surface area contributed by atoms with Crippen molar-refractivity contribution >= 4 is 17.7 Å². The number of carbonyl (C=O) groups is 1. The minimum atomic E-state index is -1.06. The summed E-state index contributed by atoms with van der Waals surface area (Å²) in [5.41, 5.74) is 8.32. The molecular formula is C24H25FN4O4. The van der Waals surface area contributed by atoms with Gasteiger partial charge in [0.2, 0.25) is 5.82 Å². The fraction of sp³-hybridized carbons (Fsp3) is 0.292. The molecule has 0 radical (unpaired) electrons. The van der Waals surface area contributed by atoms with Crippen LogP contribution in [0.1, 0.15) is 29.7 Å². The van der Waals surface area contributed by atoms with Crippen LogP contribution in [0.3, 0.4) is 0 Å². The van der Waals surface area contributed by atoms with E-state index in [1.807, 2.05) is 42.2 Å². The molecule has 2 heterocycles. The number of hydrogen-bond donors (Lipinski definition) is 2. The van der Waals surface area contributed by atoms with E-state index in [9.17, 15) is 14.3 Å². The number of nitrogens with two attached hydrogens (primary N) is 1. The lowest BCUT2D eigenvalue weighted by Gasteiger charge is -2.27. The number of aromatic nitrogens is 1. The maximum atomic E-state index is 14.9. The highest BCUT2D eigenvalue weighted by Gasteiger charge is 2.26. The molecule has 1 aromatic heterocycles. The molecule has 0 amide bonds. The number of carboxylic acids is 1. The van der Waals surface area contributed by atoms with Crippen LogP contribution in [-0.4, -0.2) is 53.4 Å². The second-order valence-electron chi connectivity index (χ2n) is 7.82. The second kappa shape index (κ2) is 9.83. The first-order chi connectivity index (χ1) is 15.9. The predicted molar refractivity (Wildman–Crippen MR) is 121 cm³/mol. The number of morpholine rings is 1. The molecule has 1 unspecified atom stereocenters. The van der Waals surface area contributed by atoms with Gasteiger partial charge in [0.15, 0.2) is 5.96 Å². The summed E-state index contributed by atoms with van der Waals surface area (Å²) >= 11 is 0. The van der Waals surface area contributed by atoms with Gasteiger partial charge in [-0.2, -0.15) is 4.99 Å². The Kier molecular flexibility index (Phi) is 6.69. The molecule has 1 aliphatic rings. The minimum Gasteiger partial charge on any atom is -0.481 e. The van der Waals surface area contributed by atoms with Gasteiger partial charge in [-0.15, -0.1) is 0 Å². The number of halogens is 1. The predicted octanol–water partition coefficient (Wildman–Crippen LogP) is 3.54. The molecule has 33 heavy (non-hydrogen) atoms. The number of aliphatic imine (C=N–C) groups is 1. The summed E-state index contributed by atoms with van der Waals surface area (Å²) in [6.07, 6.45) is -0.344. The summed E-state index contributed by atoms with van der Waals surface area (Å²) in [6, 6.07) is 14.2. The number of ether oxygens (including phenoxy) is 1. The molecule has 0 spiro atoms. The zero-order valence-corrected chi connectivity index (χ0v) is 18.2. The van der Waals surface area contributed by atoms with Gasteiger partial charge >= 0.3 is 5.97 Å². The largest absolute Gasteiger partial charge is 0.481 e. The third-order valence-corrected chi connectivity index (χ3v) is 5.65. The van der Waals surface area contributed by atoms with Crippen LogP contribution >= 0.6 is 0 Å². The number of guanidine groups is 1. The fourth-order valence-electron chi connectivity index (χ4n) is 3.83. The molecule has 8 nitrogen and oxygen atoms in total. The molecule has 0 saturated carbocycles. The standard InChI is InChI=1S/C24H25FN4O4/c1-15(17-7-8-18(20(25)13-17)16-5-3-2-4-6-16)22-19(14-21(30)31)23(28-33-22)27-24(26)29-9-11-32-12-10-29/h2-8,13,15H,9-12,14H2,1H3,(H,30,31)(H2,26,27,28). The summed E-state index contributed by atoms with van der Waals surface area (Å²) < 4.78 is 25.7. The van der Waals surface area contributed by atoms with Gasteiger partial charge < -0.3 is 25.0 Å². The molecule has 9 heteroatoms. The first-order valence-electron chi connectivity index (χ1n) is 10.7. The van der Waals surface area contributed by atoms with Crippen molar-refractivity contribution in [2.24, 2.45) is 10.7 Å². The number of nitrogens with zero attached hydrogens (tertiary/aromatic N) is 3. The lowest BCUT2D eigenvalue weighted by molar-refractivity contribution is -0.136. The van der Waals surface area contributed by atoms with Gasteiger partial charge in [0, 0.05) is 24.6 Å². The first-order valence-corrected chi connectivity index (χ1v) is 10.7. The summed E-state index contributed by atoms with van der Waals surface area (Å²) in [5.74, 6) is -1.23. The molecular weight excluding hydrogens is 427 g/mol. The van der Waals surface area contributed by atoms with E-state index in [0.717, 1.165) is 5.56 Å². The van der Waals surface area contributed by atoms with Crippen molar-refractivity contribution < 1.29 is 23.6 Å². The summed E-state index contributed by atoms with van der Waals surface area (Å²) in [5, 5.41) is 13.4. The molecule has 1 fully saturated rings. The highest BCUT2D eigenvalue weighted by molar-refractivity contribution is 5.82. The van der Waals surface area contributed by atoms with Gasteiger partial charge in [-0.1, -0.05) is 54.5 Å². The number of aliphatic carboxylic acids is 1. The number of hydrogen-bond acceptors (Lipinski definition) is 5. The zero-order valence-electron chi connectivity index (χ0n) is 18.2. The van der Waals surface area contributed by atoms with E-state index in [-0.39, 0.29) is 24.0 Å². The van der Waals surface area contributed by atoms with Crippen LogP contribution in [0.25, 0.3) is 11.1 Å². The Morgan fingerprint density at radius 1 is 1.24 bits per heavy atom. The van der Waals surface area contributed by atoms with Gasteiger partial charge in [0.25, 0.3) is 0 Å². The molecule has 2 aromatic carbocycles. The Morgan fingerprint density at radius 2 is 1.97 bits per heavy atom. The molecule has 172 valence electrons. The second-order valence-corrected chi connectivity index (χ2v) is 7.82. The van der Waals surface area contributed by atoms with Crippen molar-refractivity contribution in [1.29, 1.82) is 0 Å². The molecule has 4 rings (SSSR count). The molecule has 3 aromatic rings. The van der Waals surface area contributed by atoms with Crippen molar-refractivity contribution in [3.63, 3.8) is 0 Å².